The largest absolute Gasteiger partial charge is 0.300 e. The van der Waals surface area contributed by atoms with Crippen LogP contribution in [0.4, 0.5) is 0 Å². The highest BCUT2D eigenvalue weighted by molar-refractivity contribution is 5.34. The standard InChI is InChI=1S/C14H22N4/c1-5-6-7-17(4)9-13-10-18-12(3)8-11(2)15-14(18)16-13/h8,10H,5-7,9H2,1-4H3. The van der Waals surface area contributed by atoms with Crippen LogP contribution in [0, 0.1) is 13.8 Å². The van der Waals surface area contributed by atoms with E-state index in [0.717, 1.165) is 30.3 Å². The number of aryl methyl sites for hydroxylation is 2. The summed E-state index contributed by atoms with van der Waals surface area (Å²) in [5.41, 5.74) is 3.30. The number of hydrogen-bond donors (Lipinski definition) is 0. The summed E-state index contributed by atoms with van der Waals surface area (Å²) in [7, 11) is 2.14. The Bertz CT molecular complexity index is 530. The zero-order valence-electron chi connectivity index (χ0n) is 11.8. The molecule has 4 heteroatoms. The van der Waals surface area contributed by atoms with Crippen LogP contribution in [0.2, 0.25) is 0 Å². The van der Waals surface area contributed by atoms with Gasteiger partial charge in [0.15, 0.2) is 0 Å². The topological polar surface area (TPSA) is 33.4 Å². The van der Waals surface area contributed by atoms with E-state index in [1.807, 2.05) is 6.92 Å². The van der Waals surface area contributed by atoms with E-state index in [9.17, 15) is 0 Å². The van der Waals surface area contributed by atoms with Gasteiger partial charge in [0.25, 0.3) is 0 Å². The van der Waals surface area contributed by atoms with Gasteiger partial charge < -0.3 is 4.90 Å². The Morgan fingerprint density at radius 3 is 2.78 bits per heavy atom. The average Bonchev–Trinajstić information content (AvgIpc) is 2.69. The van der Waals surface area contributed by atoms with Gasteiger partial charge in [-0.05, 0) is 39.9 Å². The second-order valence-electron chi connectivity index (χ2n) is 5.03. The first-order valence-electron chi connectivity index (χ1n) is 6.61. The Morgan fingerprint density at radius 1 is 1.28 bits per heavy atom. The molecule has 0 spiro atoms. The molecule has 0 fully saturated rings. The zero-order chi connectivity index (χ0) is 13.1. The molecule has 0 bridgehead atoms. The SMILES string of the molecule is CCCCN(C)Cc1cn2c(C)cc(C)nc2n1. The summed E-state index contributed by atoms with van der Waals surface area (Å²) in [6, 6.07) is 2.08. The molecular weight excluding hydrogens is 224 g/mol. The van der Waals surface area contributed by atoms with Gasteiger partial charge in [0, 0.05) is 24.1 Å². The summed E-state index contributed by atoms with van der Waals surface area (Å²) in [6.07, 6.45) is 4.56. The van der Waals surface area contributed by atoms with Crippen molar-refractivity contribution in [1.82, 2.24) is 19.3 Å². The van der Waals surface area contributed by atoms with Crippen LogP contribution < -0.4 is 0 Å². The zero-order valence-corrected chi connectivity index (χ0v) is 11.8. The Morgan fingerprint density at radius 2 is 2.06 bits per heavy atom. The number of nitrogens with zero attached hydrogens (tertiary/aromatic N) is 4. The molecule has 0 saturated heterocycles. The smallest absolute Gasteiger partial charge is 0.234 e. The van der Waals surface area contributed by atoms with Crippen LogP contribution >= 0.6 is 0 Å². The summed E-state index contributed by atoms with van der Waals surface area (Å²) >= 11 is 0. The van der Waals surface area contributed by atoms with Crippen molar-refractivity contribution in [2.24, 2.45) is 0 Å². The number of hydrogen-bond acceptors (Lipinski definition) is 3. The summed E-state index contributed by atoms with van der Waals surface area (Å²) in [6.45, 7) is 8.33. The van der Waals surface area contributed by atoms with E-state index in [-0.39, 0.29) is 0 Å². The van der Waals surface area contributed by atoms with E-state index in [1.165, 1.54) is 18.5 Å². The maximum absolute atomic E-state index is 4.59. The monoisotopic (exact) mass is 246 g/mol. The van der Waals surface area contributed by atoms with E-state index < -0.39 is 0 Å². The summed E-state index contributed by atoms with van der Waals surface area (Å²) in [5, 5.41) is 0. The first kappa shape index (κ1) is 13.0. The lowest BCUT2D eigenvalue weighted by molar-refractivity contribution is 0.317. The Kier molecular flexibility index (Phi) is 3.97. The van der Waals surface area contributed by atoms with E-state index in [4.69, 9.17) is 0 Å². The lowest BCUT2D eigenvalue weighted by atomic mass is 10.3. The normalized spacial score (nSPS) is 11.6. The first-order chi connectivity index (χ1) is 8.60. The van der Waals surface area contributed by atoms with Crippen LogP contribution in [0.5, 0.6) is 0 Å². The minimum Gasteiger partial charge on any atom is -0.300 e. The lowest BCUT2D eigenvalue weighted by Gasteiger charge is -2.13. The van der Waals surface area contributed by atoms with Crippen molar-refractivity contribution in [2.45, 2.75) is 40.2 Å². The van der Waals surface area contributed by atoms with Gasteiger partial charge in [0.2, 0.25) is 5.78 Å². The Balaban J connectivity index is 2.17. The molecule has 2 aromatic heterocycles. The second kappa shape index (κ2) is 5.48. The first-order valence-corrected chi connectivity index (χ1v) is 6.61. The van der Waals surface area contributed by atoms with Gasteiger partial charge in [-0.15, -0.1) is 0 Å². The summed E-state index contributed by atoms with van der Waals surface area (Å²) < 4.78 is 2.07. The van der Waals surface area contributed by atoms with Crippen molar-refractivity contribution < 1.29 is 0 Å². The van der Waals surface area contributed by atoms with Gasteiger partial charge >= 0.3 is 0 Å². The van der Waals surface area contributed by atoms with Gasteiger partial charge in [-0.25, -0.2) is 9.97 Å². The molecule has 0 atom stereocenters. The molecule has 98 valence electrons. The number of fused-ring (bicyclic) bond motifs is 1. The van der Waals surface area contributed by atoms with Crippen LogP contribution in [-0.4, -0.2) is 32.9 Å². The molecule has 18 heavy (non-hydrogen) atoms. The fraction of sp³-hybridized carbons (Fsp3) is 0.571. The molecule has 0 aromatic carbocycles. The molecule has 2 aromatic rings. The molecule has 0 aliphatic carbocycles. The molecule has 0 aliphatic rings. The highest BCUT2D eigenvalue weighted by atomic mass is 15.1. The predicted molar refractivity (Wildman–Crippen MR) is 73.7 cm³/mol. The molecule has 0 unspecified atom stereocenters. The molecule has 2 rings (SSSR count). The van der Waals surface area contributed by atoms with E-state index >= 15 is 0 Å². The van der Waals surface area contributed by atoms with E-state index in [1.54, 1.807) is 0 Å². The van der Waals surface area contributed by atoms with Crippen LogP contribution in [0.15, 0.2) is 12.3 Å². The fourth-order valence-electron chi connectivity index (χ4n) is 2.18. The van der Waals surface area contributed by atoms with Crippen molar-refractivity contribution in [2.75, 3.05) is 13.6 Å². The number of unbranched alkanes of at least 4 members (excludes halogenated alkanes) is 1. The number of aromatic nitrogens is 3. The Labute approximate surface area is 109 Å². The third kappa shape index (κ3) is 2.88. The van der Waals surface area contributed by atoms with Crippen LogP contribution in [0.3, 0.4) is 0 Å². The van der Waals surface area contributed by atoms with E-state index in [0.29, 0.717) is 0 Å². The third-order valence-electron chi connectivity index (χ3n) is 3.14. The van der Waals surface area contributed by atoms with Gasteiger partial charge in [0.05, 0.1) is 5.69 Å². The molecule has 0 N–H and O–H groups in total. The minimum absolute atomic E-state index is 0.811. The maximum atomic E-state index is 4.59. The van der Waals surface area contributed by atoms with Crippen molar-refractivity contribution in [3.63, 3.8) is 0 Å². The molecule has 0 saturated carbocycles. The van der Waals surface area contributed by atoms with Crippen molar-refractivity contribution in [3.05, 3.63) is 29.3 Å². The third-order valence-corrected chi connectivity index (χ3v) is 3.14. The van der Waals surface area contributed by atoms with Crippen molar-refractivity contribution in [3.8, 4) is 0 Å². The second-order valence-corrected chi connectivity index (χ2v) is 5.03. The molecule has 0 aliphatic heterocycles. The van der Waals surface area contributed by atoms with Crippen molar-refractivity contribution >= 4 is 5.78 Å². The quantitative estimate of drug-likeness (QED) is 0.813. The van der Waals surface area contributed by atoms with Gasteiger partial charge in [-0.3, -0.25) is 4.40 Å². The lowest BCUT2D eigenvalue weighted by Crippen LogP contribution is -2.19. The summed E-state index contributed by atoms with van der Waals surface area (Å²) in [5.74, 6) is 0.811. The molecule has 2 heterocycles. The highest BCUT2D eigenvalue weighted by Crippen LogP contribution is 2.10. The van der Waals surface area contributed by atoms with Gasteiger partial charge in [-0.2, -0.15) is 0 Å². The fourth-order valence-corrected chi connectivity index (χ4v) is 2.18. The molecular formula is C14H22N4. The van der Waals surface area contributed by atoms with E-state index in [2.05, 4.69) is 52.4 Å². The van der Waals surface area contributed by atoms with Crippen LogP contribution in [-0.2, 0) is 6.54 Å². The molecule has 4 nitrogen and oxygen atoms in total. The van der Waals surface area contributed by atoms with Gasteiger partial charge in [0.1, 0.15) is 0 Å². The highest BCUT2D eigenvalue weighted by Gasteiger charge is 2.07. The van der Waals surface area contributed by atoms with Gasteiger partial charge in [-0.1, -0.05) is 13.3 Å². The predicted octanol–water partition coefficient (Wildman–Crippen LogP) is 2.58. The average molecular weight is 246 g/mol. The van der Waals surface area contributed by atoms with Crippen molar-refractivity contribution in [1.29, 1.82) is 0 Å². The van der Waals surface area contributed by atoms with Crippen LogP contribution in [0.25, 0.3) is 5.78 Å². The minimum atomic E-state index is 0.811. The summed E-state index contributed by atoms with van der Waals surface area (Å²) in [4.78, 5) is 11.4. The Hall–Kier alpha value is -1.42. The van der Waals surface area contributed by atoms with Crippen LogP contribution in [0.1, 0.15) is 36.8 Å². The number of rotatable bonds is 5. The molecule has 0 amide bonds. The maximum Gasteiger partial charge on any atom is 0.234 e. The number of imidazole rings is 1. The molecule has 0 radical (unpaired) electrons.